The van der Waals surface area contributed by atoms with Crippen LogP contribution in [0.4, 0.5) is 0 Å². The van der Waals surface area contributed by atoms with Gasteiger partial charge in [0.2, 0.25) is 5.78 Å². The van der Waals surface area contributed by atoms with Crippen molar-refractivity contribution in [2.24, 2.45) is 0 Å². The second kappa shape index (κ2) is 6.57. The number of carboxylic acids is 1. The van der Waals surface area contributed by atoms with Crippen molar-refractivity contribution in [1.82, 2.24) is 9.97 Å². The van der Waals surface area contributed by atoms with E-state index in [9.17, 15) is 14.7 Å². The first-order valence-electron chi connectivity index (χ1n) is 8.20. The van der Waals surface area contributed by atoms with E-state index >= 15 is 0 Å². The quantitative estimate of drug-likeness (QED) is 0.668. The zero-order valence-corrected chi connectivity index (χ0v) is 15.5. The van der Waals surface area contributed by atoms with Crippen LogP contribution < -0.4 is 0 Å². The fraction of sp³-hybridized carbons (Fsp3) is 0.250. The molecule has 3 rings (SSSR count). The molecule has 0 bridgehead atoms. The molecule has 0 amide bonds. The molecule has 2 aromatic heterocycles. The largest absolute Gasteiger partial charge is 0.481 e. The highest BCUT2D eigenvalue weighted by Gasteiger charge is 2.23. The number of fused-ring (bicyclic) bond motifs is 1. The molecule has 1 aromatic carbocycles. The molecule has 26 heavy (non-hydrogen) atoms. The summed E-state index contributed by atoms with van der Waals surface area (Å²) in [5.74, 6) is -1.34. The molecule has 0 saturated heterocycles. The second-order valence-corrected chi connectivity index (χ2v) is 7.68. The van der Waals surface area contributed by atoms with E-state index < -0.39 is 5.97 Å². The lowest BCUT2D eigenvalue weighted by atomic mass is 9.87. The molecule has 0 spiro atoms. The fourth-order valence-corrected chi connectivity index (χ4v) is 3.08. The summed E-state index contributed by atoms with van der Waals surface area (Å²) >= 11 is 6.02. The van der Waals surface area contributed by atoms with Crippen LogP contribution in [0.2, 0.25) is 5.02 Å². The number of pyridine rings is 1. The van der Waals surface area contributed by atoms with E-state index in [1.165, 1.54) is 0 Å². The number of ketones is 1. The van der Waals surface area contributed by atoms with Gasteiger partial charge in [-0.2, -0.15) is 0 Å². The molecular weight excluding hydrogens is 352 g/mol. The number of aromatic amines is 1. The predicted octanol–water partition coefficient (Wildman–Crippen LogP) is 4.37. The van der Waals surface area contributed by atoms with Gasteiger partial charge in [-0.3, -0.25) is 14.6 Å². The van der Waals surface area contributed by atoms with E-state index in [2.05, 4.69) is 30.7 Å². The first kappa shape index (κ1) is 18.1. The summed E-state index contributed by atoms with van der Waals surface area (Å²) in [4.78, 5) is 31.6. The Kier molecular flexibility index (Phi) is 4.59. The molecule has 6 heteroatoms. The van der Waals surface area contributed by atoms with Crippen LogP contribution in [0.5, 0.6) is 0 Å². The Bertz CT molecular complexity index is 1020. The minimum atomic E-state index is -1.01. The number of hydrogen-bond acceptors (Lipinski definition) is 3. The molecular formula is C20H19ClN2O3. The Hall–Kier alpha value is -2.66. The molecule has 3 aromatic rings. The Morgan fingerprint density at radius 3 is 2.58 bits per heavy atom. The lowest BCUT2D eigenvalue weighted by molar-refractivity contribution is -0.136. The maximum absolute atomic E-state index is 13.1. The van der Waals surface area contributed by atoms with Crippen LogP contribution in [0.25, 0.3) is 10.9 Å². The summed E-state index contributed by atoms with van der Waals surface area (Å²) in [6.07, 6.45) is 1.34. The summed E-state index contributed by atoms with van der Waals surface area (Å²) in [6, 6.07) is 8.71. The van der Waals surface area contributed by atoms with Crippen LogP contribution >= 0.6 is 11.6 Å². The number of H-pyrrole nitrogens is 1. The summed E-state index contributed by atoms with van der Waals surface area (Å²) in [5.41, 5.74) is 2.44. The first-order chi connectivity index (χ1) is 12.2. The Morgan fingerprint density at radius 2 is 1.92 bits per heavy atom. The Balaban J connectivity index is 2.15. The summed E-state index contributed by atoms with van der Waals surface area (Å²) < 4.78 is 0. The van der Waals surface area contributed by atoms with Crippen molar-refractivity contribution in [2.75, 3.05) is 0 Å². The number of halogens is 1. The van der Waals surface area contributed by atoms with Gasteiger partial charge in [0.25, 0.3) is 0 Å². The topological polar surface area (TPSA) is 83.0 Å². The highest BCUT2D eigenvalue weighted by Crippen LogP contribution is 2.28. The van der Waals surface area contributed by atoms with Gasteiger partial charge in [0.05, 0.1) is 12.1 Å². The molecule has 2 N–H and O–H groups in total. The number of hydrogen-bond donors (Lipinski definition) is 2. The third kappa shape index (κ3) is 3.48. The fourth-order valence-electron chi connectivity index (χ4n) is 2.91. The van der Waals surface area contributed by atoms with Gasteiger partial charge in [0, 0.05) is 27.7 Å². The number of nitrogens with one attached hydrogen (secondary N) is 1. The van der Waals surface area contributed by atoms with Crippen molar-refractivity contribution in [3.8, 4) is 0 Å². The zero-order chi connectivity index (χ0) is 19.1. The van der Waals surface area contributed by atoms with Gasteiger partial charge in [-0.1, -0.05) is 38.4 Å². The third-order valence-electron chi connectivity index (χ3n) is 4.28. The predicted molar refractivity (Wildman–Crippen MR) is 101 cm³/mol. The molecule has 0 aliphatic carbocycles. The van der Waals surface area contributed by atoms with Gasteiger partial charge in [0.15, 0.2) is 0 Å². The van der Waals surface area contributed by atoms with E-state index in [0.29, 0.717) is 21.5 Å². The van der Waals surface area contributed by atoms with E-state index in [1.807, 2.05) is 6.07 Å². The van der Waals surface area contributed by atoms with Crippen LogP contribution in [0.15, 0.2) is 36.5 Å². The van der Waals surface area contributed by atoms with Gasteiger partial charge in [0.1, 0.15) is 5.69 Å². The van der Waals surface area contributed by atoms with E-state index in [0.717, 1.165) is 5.56 Å². The van der Waals surface area contributed by atoms with Crippen molar-refractivity contribution in [2.45, 2.75) is 32.6 Å². The summed E-state index contributed by atoms with van der Waals surface area (Å²) in [5, 5.41) is 10.4. The van der Waals surface area contributed by atoms with Crippen molar-refractivity contribution in [1.29, 1.82) is 0 Å². The normalized spacial score (nSPS) is 11.7. The van der Waals surface area contributed by atoms with Crippen molar-refractivity contribution in [3.05, 3.63) is 64.1 Å². The second-order valence-electron chi connectivity index (χ2n) is 7.25. The molecule has 0 unspecified atom stereocenters. The van der Waals surface area contributed by atoms with Crippen LogP contribution in [0.1, 0.15) is 48.1 Å². The minimum Gasteiger partial charge on any atom is -0.481 e. The van der Waals surface area contributed by atoms with Crippen LogP contribution in [0, 0.1) is 0 Å². The number of nitrogens with zero attached hydrogens (tertiary/aromatic N) is 1. The van der Waals surface area contributed by atoms with Gasteiger partial charge in [-0.25, -0.2) is 0 Å². The first-order valence-corrected chi connectivity index (χ1v) is 8.58. The number of benzene rings is 1. The van der Waals surface area contributed by atoms with Gasteiger partial charge in [-0.15, -0.1) is 0 Å². The molecule has 5 nitrogen and oxygen atoms in total. The van der Waals surface area contributed by atoms with Crippen molar-refractivity contribution >= 4 is 34.3 Å². The van der Waals surface area contributed by atoms with Crippen LogP contribution in [-0.4, -0.2) is 26.8 Å². The average Bonchev–Trinajstić information content (AvgIpc) is 2.90. The Labute approximate surface area is 156 Å². The van der Waals surface area contributed by atoms with Crippen LogP contribution in [0.3, 0.4) is 0 Å². The smallest absolute Gasteiger partial charge is 0.307 e. The average molecular weight is 371 g/mol. The standard InChI is InChI=1S/C20H19ClN2O3/c1-20(2,3)11-6-7-22-16(8-11)19(26)18-14(10-17(24)25)13-5-4-12(21)9-15(13)23-18/h4-9,23H,10H2,1-3H3,(H,24,25). The maximum atomic E-state index is 13.1. The number of rotatable bonds is 4. The highest BCUT2D eigenvalue weighted by atomic mass is 35.5. The Morgan fingerprint density at radius 1 is 1.19 bits per heavy atom. The minimum absolute atomic E-state index is 0.129. The highest BCUT2D eigenvalue weighted by molar-refractivity contribution is 6.31. The van der Waals surface area contributed by atoms with Gasteiger partial charge >= 0.3 is 5.97 Å². The SMILES string of the molecule is CC(C)(C)c1ccnc(C(=O)c2[nH]c3cc(Cl)ccc3c2CC(=O)O)c1. The third-order valence-corrected chi connectivity index (χ3v) is 4.52. The molecule has 0 radical (unpaired) electrons. The van der Waals surface area contributed by atoms with Crippen molar-refractivity contribution in [3.63, 3.8) is 0 Å². The number of aromatic nitrogens is 2. The summed E-state index contributed by atoms with van der Waals surface area (Å²) in [7, 11) is 0. The number of carbonyl (C=O) groups excluding carboxylic acids is 1. The van der Waals surface area contributed by atoms with E-state index in [-0.39, 0.29) is 29.0 Å². The zero-order valence-electron chi connectivity index (χ0n) is 14.8. The molecule has 0 fully saturated rings. The van der Waals surface area contributed by atoms with Gasteiger partial charge in [-0.05, 0) is 35.2 Å². The molecule has 0 aliphatic rings. The lowest BCUT2D eigenvalue weighted by Gasteiger charge is -2.19. The van der Waals surface area contributed by atoms with Crippen molar-refractivity contribution < 1.29 is 14.7 Å². The number of carboxylic acid groups (broad SMARTS) is 1. The lowest BCUT2D eigenvalue weighted by Crippen LogP contribution is -2.15. The van der Waals surface area contributed by atoms with Crippen LogP contribution in [-0.2, 0) is 16.6 Å². The summed E-state index contributed by atoms with van der Waals surface area (Å²) in [6.45, 7) is 6.16. The van der Waals surface area contributed by atoms with Gasteiger partial charge < -0.3 is 10.1 Å². The monoisotopic (exact) mass is 370 g/mol. The molecule has 134 valence electrons. The van der Waals surface area contributed by atoms with E-state index in [4.69, 9.17) is 11.6 Å². The number of carbonyl (C=O) groups is 2. The number of aliphatic carboxylic acids is 1. The molecule has 0 saturated carbocycles. The maximum Gasteiger partial charge on any atom is 0.307 e. The van der Waals surface area contributed by atoms with E-state index in [1.54, 1.807) is 30.5 Å². The molecule has 0 aliphatic heterocycles. The molecule has 2 heterocycles. The molecule has 0 atom stereocenters.